The number of rotatable bonds is 1. The van der Waals surface area contributed by atoms with Crippen molar-refractivity contribution in [1.29, 1.82) is 0 Å². The number of hydrogen-bond donors (Lipinski definition) is 0. The second-order valence-corrected chi connectivity index (χ2v) is 5.41. The minimum Gasteiger partial charge on any atom is -0.335 e. The first-order valence-electron chi connectivity index (χ1n) is 5.48. The molecule has 0 saturated heterocycles. The van der Waals surface area contributed by atoms with Crippen molar-refractivity contribution >= 4 is 17.2 Å². The molecule has 3 heteroatoms. The summed E-state index contributed by atoms with van der Waals surface area (Å²) in [5.74, 6) is 0.381. The quantitative estimate of drug-likeness (QED) is 0.717. The van der Waals surface area contributed by atoms with E-state index in [1.165, 1.54) is 10.4 Å². The Morgan fingerprint density at radius 3 is 3.00 bits per heavy atom. The molecule has 0 spiro atoms. The van der Waals surface area contributed by atoms with Crippen LogP contribution in [0.2, 0.25) is 0 Å². The molecular weight excluding hydrogens is 206 g/mol. The van der Waals surface area contributed by atoms with Crippen LogP contribution in [-0.2, 0) is 11.2 Å². The van der Waals surface area contributed by atoms with Crippen molar-refractivity contribution in [1.82, 2.24) is 4.90 Å². The highest BCUT2D eigenvalue weighted by atomic mass is 32.1. The van der Waals surface area contributed by atoms with Crippen LogP contribution in [-0.4, -0.2) is 17.4 Å². The minimum atomic E-state index is 0.104. The Bertz CT molecular complexity index is 369. The highest BCUT2D eigenvalue weighted by Gasteiger charge is 2.29. The first-order chi connectivity index (χ1) is 7.11. The van der Waals surface area contributed by atoms with E-state index in [9.17, 15) is 4.79 Å². The van der Waals surface area contributed by atoms with Crippen LogP contribution in [0.5, 0.6) is 0 Å². The Labute approximate surface area is 94.9 Å². The summed E-state index contributed by atoms with van der Waals surface area (Å²) in [7, 11) is 0. The third-order valence-corrected chi connectivity index (χ3v) is 4.05. The van der Waals surface area contributed by atoms with E-state index in [2.05, 4.69) is 18.4 Å². The molecule has 0 saturated carbocycles. The summed E-state index contributed by atoms with van der Waals surface area (Å²) in [5.41, 5.74) is 1.35. The monoisotopic (exact) mass is 223 g/mol. The van der Waals surface area contributed by atoms with Crippen molar-refractivity contribution in [2.75, 3.05) is 6.54 Å². The molecule has 1 aromatic rings. The Kier molecular flexibility index (Phi) is 2.83. The van der Waals surface area contributed by atoms with Crippen LogP contribution in [0.1, 0.15) is 37.3 Å². The van der Waals surface area contributed by atoms with Crippen LogP contribution in [0.3, 0.4) is 0 Å². The fourth-order valence-corrected chi connectivity index (χ4v) is 3.10. The van der Waals surface area contributed by atoms with Gasteiger partial charge < -0.3 is 4.90 Å². The van der Waals surface area contributed by atoms with E-state index in [1.807, 2.05) is 30.1 Å². The summed E-state index contributed by atoms with van der Waals surface area (Å²) in [6.07, 6.45) is 1.02. The van der Waals surface area contributed by atoms with Gasteiger partial charge in [-0.25, -0.2) is 0 Å². The molecule has 1 unspecified atom stereocenters. The van der Waals surface area contributed by atoms with Crippen molar-refractivity contribution in [3.63, 3.8) is 0 Å². The van der Waals surface area contributed by atoms with Gasteiger partial charge in [-0.3, -0.25) is 4.79 Å². The maximum Gasteiger partial charge on any atom is 0.225 e. The third kappa shape index (κ3) is 1.81. The molecule has 1 aromatic heterocycles. The largest absolute Gasteiger partial charge is 0.335 e. The van der Waals surface area contributed by atoms with Gasteiger partial charge >= 0.3 is 0 Å². The lowest BCUT2D eigenvalue weighted by Crippen LogP contribution is -2.40. The number of hydrogen-bond acceptors (Lipinski definition) is 2. The molecule has 1 atom stereocenters. The first-order valence-corrected chi connectivity index (χ1v) is 6.36. The standard InChI is InChI=1S/C12H17NOS/c1-8(2)12(14)13-6-4-11-10(9(13)3)5-7-15-11/h5,7-9H,4,6H2,1-3H3. The maximum absolute atomic E-state index is 12.0. The lowest BCUT2D eigenvalue weighted by Gasteiger charge is -2.34. The molecule has 1 amide bonds. The van der Waals surface area contributed by atoms with Crippen molar-refractivity contribution < 1.29 is 4.79 Å². The van der Waals surface area contributed by atoms with Gasteiger partial charge in [-0.1, -0.05) is 13.8 Å². The van der Waals surface area contributed by atoms with E-state index in [4.69, 9.17) is 0 Å². The van der Waals surface area contributed by atoms with E-state index in [1.54, 1.807) is 0 Å². The number of fused-ring (bicyclic) bond motifs is 1. The molecule has 0 fully saturated rings. The average molecular weight is 223 g/mol. The van der Waals surface area contributed by atoms with Gasteiger partial charge in [0.25, 0.3) is 0 Å². The number of carbonyl (C=O) groups excluding carboxylic acids is 1. The number of carbonyl (C=O) groups is 1. The van der Waals surface area contributed by atoms with E-state index >= 15 is 0 Å². The fraction of sp³-hybridized carbons (Fsp3) is 0.583. The topological polar surface area (TPSA) is 20.3 Å². The molecular formula is C12H17NOS. The normalized spacial score (nSPS) is 20.5. The predicted octanol–water partition coefficient (Wildman–Crippen LogP) is 2.85. The highest BCUT2D eigenvalue weighted by Crippen LogP contribution is 2.33. The number of nitrogens with zero attached hydrogens (tertiary/aromatic N) is 1. The van der Waals surface area contributed by atoms with Gasteiger partial charge in [0.05, 0.1) is 6.04 Å². The maximum atomic E-state index is 12.0. The Morgan fingerprint density at radius 1 is 1.60 bits per heavy atom. The molecule has 0 aromatic carbocycles. The summed E-state index contributed by atoms with van der Waals surface area (Å²) in [5, 5.41) is 2.13. The Morgan fingerprint density at radius 2 is 2.33 bits per heavy atom. The van der Waals surface area contributed by atoms with Crippen LogP contribution >= 0.6 is 11.3 Å². The Hall–Kier alpha value is -0.830. The summed E-state index contributed by atoms with van der Waals surface area (Å²) in [6.45, 7) is 6.95. The van der Waals surface area contributed by atoms with E-state index in [0.717, 1.165) is 13.0 Å². The molecule has 1 aliphatic rings. The molecule has 0 bridgehead atoms. The molecule has 2 rings (SSSR count). The zero-order valence-electron chi connectivity index (χ0n) is 9.49. The zero-order valence-corrected chi connectivity index (χ0v) is 10.3. The molecule has 0 radical (unpaired) electrons. The van der Waals surface area contributed by atoms with Crippen molar-refractivity contribution in [2.24, 2.45) is 5.92 Å². The van der Waals surface area contributed by atoms with Crippen LogP contribution in [0.25, 0.3) is 0 Å². The van der Waals surface area contributed by atoms with Gasteiger partial charge in [-0.2, -0.15) is 0 Å². The third-order valence-electron chi connectivity index (χ3n) is 3.05. The minimum absolute atomic E-state index is 0.104. The van der Waals surface area contributed by atoms with Crippen molar-refractivity contribution in [3.05, 3.63) is 21.9 Å². The average Bonchev–Trinajstić information content (AvgIpc) is 2.66. The first kappa shape index (κ1) is 10.7. The smallest absolute Gasteiger partial charge is 0.225 e. The van der Waals surface area contributed by atoms with E-state index in [0.29, 0.717) is 0 Å². The summed E-state index contributed by atoms with van der Waals surface area (Å²) in [6, 6.07) is 2.42. The van der Waals surface area contributed by atoms with Crippen LogP contribution < -0.4 is 0 Å². The van der Waals surface area contributed by atoms with Crippen molar-refractivity contribution in [2.45, 2.75) is 33.2 Å². The van der Waals surface area contributed by atoms with Crippen LogP contribution in [0.4, 0.5) is 0 Å². The molecule has 15 heavy (non-hydrogen) atoms. The molecule has 2 nitrogen and oxygen atoms in total. The highest BCUT2D eigenvalue weighted by molar-refractivity contribution is 7.10. The Balaban J connectivity index is 2.23. The molecule has 0 N–H and O–H groups in total. The van der Waals surface area contributed by atoms with E-state index in [-0.39, 0.29) is 17.9 Å². The summed E-state index contributed by atoms with van der Waals surface area (Å²) >= 11 is 1.81. The van der Waals surface area contributed by atoms with Gasteiger partial charge in [0.2, 0.25) is 5.91 Å². The van der Waals surface area contributed by atoms with E-state index < -0.39 is 0 Å². The molecule has 1 aliphatic heterocycles. The van der Waals surface area contributed by atoms with Crippen molar-refractivity contribution in [3.8, 4) is 0 Å². The predicted molar refractivity (Wildman–Crippen MR) is 63.0 cm³/mol. The van der Waals surface area contributed by atoms with Gasteiger partial charge in [0.15, 0.2) is 0 Å². The molecule has 2 heterocycles. The lowest BCUT2D eigenvalue weighted by molar-refractivity contribution is -0.137. The molecule has 0 aliphatic carbocycles. The number of amides is 1. The second-order valence-electron chi connectivity index (χ2n) is 4.41. The van der Waals surface area contributed by atoms with Gasteiger partial charge in [-0.15, -0.1) is 11.3 Å². The lowest BCUT2D eigenvalue weighted by atomic mass is 10.00. The fourth-order valence-electron chi connectivity index (χ4n) is 2.14. The summed E-state index contributed by atoms with van der Waals surface area (Å²) < 4.78 is 0. The SMILES string of the molecule is CC(C)C(=O)N1CCc2sccc2C1C. The van der Waals surface area contributed by atoms with Gasteiger partial charge in [-0.05, 0) is 30.4 Å². The van der Waals surface area contributed by atoms with Gasteiger partial charge in [0, 0.05) is 17.3 Å². The van der Waals surface area contributed by atoms with Gasteiger partial charge in [0.1, 0.15) is 0 Å². The van der Waals surface area contributed by atoms with Crippen LogP contribution in [0, 0.1) is 5.92 Å². The summed E-state index contributed by atoms with van der Waals surface area (Å²) in [4.78, 5) is 15.4. The molecule has 82 valence electrons. The second kappa shape index (κ2) is 3.97. The zero-order chi connectivity index (χ0) is 11.0. The van der Waals surface area contributed by atoms with Crippen LogP contribution in [0.15, 0.2) is 11.4 Å². The number of thiophene rings is 1.